The van der Waals surface area contributed by atoms with Crippen LogP contribution in [-0.4, -0.2) is 45.7 Å². The van der Waals surface area contributed by atoms with Gasteiger partial charge in [0, 0.05) is 19.6 Å². The molecule has 7 nitrogen and oxygen atoms in total. The number of anilines is 1. The molecule has 0 spiro atoms. The van der Waals surface area contributed by atoms with Crippen molar-refractivity contribution >= 4 is 11.9 Å². The second-order valence-corrected chi connectivity index (χ2v) is 6.66. The molecule has 134 valence electrons. The molecule has 1 amide bonds. The minimum atomic E-state index is -0.00576. The van der Waals surface area contributed by atoms with Gasteiger partial charge in [-0.05, 0) is 48.7 Å². The summed E-state index contributed by atoms with van der Waals surface area (Å²) in [6.45, 7) is 6.46. The summed E-state index contributed by atoms with van der Waals surface area (Å²) in [7, 11) is 0. The van der Waals surface area contributed by atoms with Crippen LogP contribution in [0.25, 0.3) is 5.69 Å². The normalized spacial score (nSPS) is 17.5. The number of rotatable bonds is 6. The molecule has 3 rings (SSSR count). The summed E-state index contributed by atoms with van der Waals surface area (Å²) < 4.78 is 1.75. The molecule has 2 heterocycles. The summed E-state index contributed by atoms with van der Waals surface area (Å²) >= 11 is 0. The van der Waals surface area contributed by atoms with Crippen LogP contribution in [0.2, 0.25) is 0 Å². The van der Waals surface area contributed by atoms with Crippen LogP contribution in [0.3, 0.4) is 0 Å². The molecule has 0 aliphatic carbocycles. The Morgan fingerprint density at radius 3 is 2.88 bits per heavy atom. The number of carbonyl (C=O) groups excluding carboxylic acids is 1. The van der Waals surface area contributed by atoms with Gasteiger partial charge in [0.1, 0.15) is 0 Å². The Bertz CT molecular complexity index is 696. The molecule has 25 heavy (non-hydrogen) atoms. The summed E-state index contributed by atoms with van der Waals surface area (Å²) in [6.07, 6.45) is 3.99. The average Bonchev–Trinajstić information content (AvgIpc) is 3.12. The maximum Gasteiger partial charge on any atom is 0.250 e. The number of aryl methyl sites for hydroxylation is 1. The number of amides is 1. The number of hydrogen-bond acceptors (Lipinski definition) is 5. The maximum atomic E-state index is 12.4. The van der Waals surface area contributed by atoms with Crippen molar-refractivity contribution in [3.05, 3.63) is 29.8 Å². The molecule has 1 aromatic heterocycles. The maximum absolute atomic E-state index is 12.4. The Morgan fingerprint density at radius 2 is 2.12 bits per heavy atom. The lowest BCUT2D eigenvalue weighted by Crippen LogP contribution is -2.44. The molecule has 1 aromatic carbocycles. The zero-order valence-electron chi connectivity index (χ0n) is 15.0. The first-order valence-electron chi connectivity index (χ1n) is 9.07. The first kappa shape index (κ1) is 17.4. The zero-order chi connectivity index (χ0) is 17.6. The van der Waals surface area contributed by atoms with Gasteiger partial charge in [-0.3, -0.25) is 4.79 Å². The minimum Gasteiger partial charge on any atom is -0.356 e. The van der Waals surface area contributed by atoms with E-state index in [-0.39, 0.29) is 11.8 Å². The highest BCUT2D eigenvalue weighted by molar-refractivity contribution is 5.79. The Labute approximate surface area is 148 Å². The van der Waals surface area contributed by atoms with Crippen molar-refractivity contribution in [2.45, 2.75) is 39.5 Å². The first-order chi connectivity index (χ1) is 12.2. The molecule has 1 N–H and O–H groups in total. The van der Waals surface area contributed by atoms with Crippen molar-refractivity contribution in [3.63, 3.8) is 0 Å². The van der Waals surface area contributed by atoms with Crippen molar-refractivity contribution in [3.8, 4) is 5.69 Å². The van der Waals surface area contributed by atoms with E-state index in [1.54, 1.807) is 4.68 Å². The van der Waals surface area contributed by atoms with Gasteiger partial charge in [-0.1, -0.05) is 36.1 Å². The number of aromatic nitrogens is 4. The van der Waals surface area contributed by atoms with E-state index in [2.05, 4.69) is 39.6 Å². The first-order valence-corrected chi connectivity index (χ1v) is 9.07. The molecule has 1 saturated heterocycles. The molecular formula is C18H26N6O. The molecule has 2 aromatic rings. The van der Waals surface area contributed by atoms with E-state index in [0.29, 0.717) is 12.5 Å². The van der Waals surface area contributed by atoms with E-state index in [1.165, 1.54) is 5.56 Å². The summed E-state index contributed by atoms with van der Waals surface area (Å²) in [5.41, 5.74) is 2.13. The van der Waals surface area contributed by atoms with E-state index < -0.39 is 0 Å². The molecule has 1 aliphatic rings. The lowest BCUT2D eigenvalue weighted by atomic mass is 9.97. The number of benzene rings is 1. The van der Waals surface area contributed by atoms with E-state index >= 15 is 0 Å². The van der Waals surface area contributed by atoms with Crippen LogP contribution in [0.5, 0.6) is 0 Å². The third-order valence-electron chi connectivity index (χ3n) is 4.64. The molecule has 1 fully saturated rings. The Balaban J connectivity index is 1.71. The van der Waals surface area contributed by atoms with Gasteiger partial charge in [-0.15, -0.1) is 0 Å². The fourth-order valence-corrected chi connectivity index (χ4v) is 3.14. The van der Waals surface area contributed by atoms with E-state index in [4.69, 9.17) is 0 Å². The minimum absolute atomic E-state index is 0.00576. The Hall–Kier alpha value is -2.44. The third kappa shape index (κ3) is 4.15. The predicted octanol–water partition coefficient (Wildman–Crippen LogP) is 2.10. The second-order valence-electron chi connectivity index (χ2n) is 6.66. The highest BCUT2D eigenvalue weighted by atomic mass is 16.1. The highest BCUT2D eigenvalue weighted by Crippen LogP contribution is 2.23. The van der Waals surface area contributed by atoms with Crippen LogP contribution >= 0.6 is 0 Å². The van der Waals surface area contributed by atoms with Gasteiger partial charge in [0.2, 0.25) is 11.9 Å². The van der Waals surface area contributed by atoms with Crippen LogP contribution in [0.4, 0.5) is 5.95 Å². The summed E-state index contributed by atoms with van der Waals surface area (Å²) in [6, 6.07) is 8.10. The summed E-state index contributed by atoms with van der Waals surface area (Å²) in [4.78, 5) is 14.5. The number of unbranched alkanes of at least 4 members (excludes halogenated alkanes) is 1. The number of carbonyl (C=O) groups is 1. The molecule has 0 bridgehead atoms. The Morgan fingerprint density at radius 1 is 1.32 bits per heavy atom. The van der Waals surface area contributed by atoms with Crippen LogP contribution in [0, 0.1) is 12.8 Å². The standard InChI is InChI=1S/C18H26N6O/c1-3-4-11-19-17(25)15-6-5-12-23(13-15)18-20-21-22-24(18)16-9-7-14(2)8-10-16/h7-10,15H,3-6,11-13H2,1-2H3,(H,19,25). The van der Waals surface area contributed by atoms with Crippen LogP contribution < -0.4 is 10.2 Å². The average molecular weight is 342 g/mol. The number of nitrogens with zero attached hydrogens (tertiary/aromatic N) is 5. The molecule has 1 unspecified atom stereocenters. The largest absolute Gasteiger partial charge is 0.356 e. The van der Waals surface area contributed by atoms with Gasteiger partial charge in [-0.2, -0.15) is 4.68 Å². The van der Waals surface area contributed by atoms with Gasteiger partial charge in [0.25, 0.3) is 0 Å². The fourth-order valence-electron chi connectivity index (χ4n) is 3.14. The number of hydrogen-bond donors (Lipinski definition) is 1. The van der Waals surface area contributed by atoms with Crippen molar-refractivity contribution < 1.29 is 4.79 Å². The van der Waals surface area contributed by atoms with Gasteiger partial charge in [0.05, 0.1) is 11.6 Å². The smallest absolute Gasteiger partial charge is 0.250 e. The quantitative estimate of drug-likeness (QED) is 0.814. The highest BCUT2D eigenvalue weighted by Gasteiger charge is 2.28. The van der Waals surface area contributed by atoms with Gasteiger partial charge in [-0.25, -0.2) is 0 Å². The summed E-state index contributed by atoms with van der Waals surface area (Å²) in [5, 5.41) is 15.2. The third-order valence-corrected chi connectivity index (χ3v) is 4.64. The number of piperidine rings is 1. The van der Waals surface area contributed by atoms with E-state index in [0.717, 1.165) is 44.5 Å². The lowest BCUT2D eigenvalue weighted by Gasteiger charge is -2.32. The van der Waals surface area contributed by atoms with Crippen molar-refractivity contribution in [1.29, 1.82) is 0 Å². The van der Waals surface area contributed by atoms with Gasteiger partial charge < -0.3 is 10.2 Å². The van der Waals surface area contributed by atoms with Crippen LogP contribution in [0.15, 0.2) is 24.3 Å². The van der Waals surface area contributed by atoms with E-state index in [1.807, 2.05) is 24.3 Å². The number of tetrazole rings is 1. The van der Waals surface area contributed by atoms with Crippen molar-refractivity contribution in [2.24, 2.45) is 5.92 Å². The molecule has 1 aliphatic heterocycles. The van der Waals surface area contributed by atoms with Crippen molar-refractivity contribution in [1.82, 2.24) is 25.5 Å². The zero-order valence-corrected chi connectivity index (χ0v) is 15.0. The van der Waals surface area contributed by atoms with Crippen LogP contribution in [-0.2, 0) is 4.79 Å². The van der Waals surface area contributed by atoms with Gasteiger partial charge in [0.15, 0.2) is 0 Å². The molecule has 1 atom stereocenters. The van der Waals surface area contributed by atoms with Crippen molar-refractivity contribution in [2.75, 3.05) is 24.5 Å². The monoisotopic (exact) mass is 342 g/mol. The lowest BCUT2D eigenvalue weighted by molar-refractivity contribution is -0.125. The molecule has 7 heteroatoms. The van der Waals surface area contributed by atoms with E-state index in [9.17, 15) is 4.79 Å². The summed E-state index contributed by atoms with van der Waals surface area (Å²) in [5.74, 6) is 0.844. The molecule has 0 saturated carbocycles. The topological polar surface area (TPSA) is 75.9 Å². The molecule has 0 radical (unpaired) electrons. The second kappa shape index (κ2) is 8.09. The molecular weight excluding hydrogens is 316 g/mol. The van der Waals surface area contributed by atoms with Gasteiger partial charge >= 0.3 is 0 Å². The predicted molar refractivity (Wildman–Crippen MR) is 96.7 cm³/mol. The Kier molecular flexibility index (Phi) is 5.63. The SMILES string of the molecule is CCCCNC(=O)C1CCCN(c2nnnn2-c2ccc(C)cc2)C1. The fraction of sp³-hybridized carbons (Fsp3) is 0.556. The van der Waals surface area contributed by atoms with Crippen LogP contribution in [0.1, 0.15) is 38.2 Å². The number of nitrogens with one attached hydrogen (secondary N) is 1.